The molecule has 1 fully saturated rings. The van der Waals surface area contributed by atoms with Crippen LogP contribution in [0.4, 0.5) is 5.69 Å². The van der Waals surface area contributed by atoms with Crippen molar-refractivity contribution in [3.8, 4) is 0 Å². The van der Waals surface area contributed by atoms with Crippen LogP contribution in [-0.4, -0.2) is 12.2 Å². The number of carbonyl (C=O) groups excluding carboxylic acids is 1. The average Bonchev–Trinajstić information content (AvgIpc) is 2.53. The van der Waals surface area contributed by atoms with Crippen LogP contribution in [0.1, 0.15) is 51.9 Å². The summed E-state index contributed by atoms with van der Waals surface area (Å²) in [6, 6.07) is 8.10. The summed E-state index contributed by atoms with van der Waals surface area (Å²) < 4.78 is 0. The van der Waals surface area contributed by atoms with Gasteiger partial charge in [-0.1, -0.05) is 32.3 Å². The first-order valence-corrected chi connectivity index (χ1v) is 9.40. The van der Waals surface area contributed by atoms with Crippen molar-refractivity contribution in [2.24, 2.45) is 11.8 Å². The third-order valence-electron chi connectivity index (χ3n) is 4.52. The van der Waals surface area contributed by atoms with Crippen LogP contribution in [0.25, 0.3) is 0 Å². The molecule has 0 saturated heterocycles. The molecule has 1 aliphatic carbocycles. The summed E-state index contributed by atoms with van der Waals surface area (Å²) in [4.78, 5) is 13.6. The van der Waals surface area contributed by atoms with Crippen molar-refractivity contribution in [2.75, 3.05) is 11.6 Å². The number of thioether (sulfide) groups is 1. The van der Waals surface area contributed by atoms with Gasteiger partial charge in [0.1, 0.15) is 0 Å². The highest BCUT2D eigenvalue weighted by Gasteiger charge is 2.25. The second-order valence-electron chi connectivity index (χ2n) is 6.08. The molecule has 1 amide bonds. The van der Waals surface area contributed by atoms with Crippen molar-refractivity contribution >= 4 is 23.4 Å². The zero-order chi connectivity index (χ0) is 15.1. The van der Waals surface area contributed by atoms with Crippen molar-refractivity contribution in [1.82, 2.24) is 0 Å². The van der Waals surface area contributed by atoms with Crippen LogP contribution < -0.4 is 5.32 Å². The molecule has 0 bridgehead atoms. The normalized spacial score (nSPS) is 22.0. The number of benzene rings is 1. The monoisotopic (exact) mass is 305 g/mol. The first-order chi connectivity index (χ1) is 10.2. The van der Waals surface area contributed by atoms with E-state index in [-0.39, 0.29) is 11.8 Å². The number of unbranched alkanes of at least 4 members (excludes halogenated alkanes) is 1. The lowest BCUT2D eigenvalue weighted by atomic mass is 9.79. The lowest BCUT2D eigenvalue weighted by Gasteiger charge is -2.27. The molecule has 0 aliphatic heterocycles. The van der Waals surface area contributed by atoms with Crippen molar-refractivity contribution in [3.05, 3.63) is 24.3 Å². The lowest BCUT2D eigenvalue weighted by molar-refractivity contribution is -0.121. The summed E-state index contributed by atoms with van der Waals surface area (Å²) >= 11 is 1.70. The number of carbonyl (C=O) groups is 1. The predicted molar refractivity (Wildman–Crippen MR) is 91.8 cm³/mol. The smallest absolute Gasteiger partial charge is 0.227 e. The number of anilines is 1. The summed E-state index contributed by atoms with van der Waals surface area (Å²) in [5, 5.41) is 3.09. The summed E-state index contributed by atoms with van der Waals surface area (Å²) in [6.45, 7) is 2.25. The summed E-state index contributed by atoms with van der Waals surface area (Å²) in [5.74, 6) is 1.27. The molecular weight excluding hydrogens is 278 g/mol. The zero-order valence-electron chi connectivity index (χ0n) is 13.2. The molecule has 1 aliphatic rings. The molecule has 1 saturated carbocycles. The molecule has 3 heteroatoms. The fourth-order valence-corrected chi connectivity index (χ4v) is 3.61. The highest BCUT2D eigenvalue weighted by molar-refractivity contribution is 7.98. The summed E-state index contributed by atoms with van der Waals surface area (Å²) in [6.07, 6.45) is 10.6. The van der Waals surface area contributed by atoms with Gasteiger partial charge >= 0.3 is 0 Å². The Morgan fingerprint density at radius 1 is 1.29 bits per heavy atom. The van der Waals surface area contributed by atoms with E-state index >= 15 is 0 Å². The first-order valence-electron chi connectivity index (χ1n) is 8.17. The van der Waals surface area contributed by atoms with E-state index in [1.165, 1.54) is 37.0 Å². The van der Waals surface area contributed by atoms with Crippen LogP contribution in [0, 0.1) is 11.8 Å². The maximum absolute atomic E-state index is 12.4. The van der Waals surface area contributed by atoms with E-state index in [9.17, 15) is 4.79 Å². The Hall–Kier alpha value is -0.960. The van der Waals surface area contributed by atoms with Gasteiger partial charge in [-0.15, -0.1) is 11.8 Å². The molecule has 2 rings (SSSR count). The Morgan fingerprint density at radius 3 is 2.71 bits per heavy atom. The molecule has 1 aromatic rings. The number of hydrogen-bond donors (Lipinski definition) is 1. The summed E-state index contributed by atoms with van der Waals surface area (Å²) in [7, 11) is 0. The zero-order valence-corrected chi connectivity index (χ0v) is 14.0. The average molecular weight is 305 g/mol. The van der Waals surface area contributed by atoms with Gasteiger partial charge in [-0.05, 0) is 56.1 Å². The van der Waals surface area contributed by atoms with E-state index < -0.39 is 0 Å². The number of rotatable bonds is 6. The lowest BCUT2D eigenvalue weighted by Crippen LogP contribution is -2.27. The third kappa shape index (κ3) is 5.06. The van der Waals surface area contributed by atoms with Crippen LogP contribution >= 0.6 is 11.8 Å². The molecular formula is C18H27NOS. The van der Waals surface area contributed by atoms with Crippen LogP contribution in [0.2, 0.25) is 0 Å². The quantitative estimate of drug-likeness (QED) is 0.718. The van der Waals surface area contributed by atoms with Crippen molar-refractivity contribution in [1.29, 1.82) is 0 Å². The minimum Gasteiger partial charge on any atom is -0.326 e. The molecule has 1 N–H and O–H groups in total. The Kier molecular flexibility index (Phi) is 6.62. The van der Waals surface area contributed by atoms with E-state index in [4.69, 9.17) is 0 Å². The Bertz CT molecular complexity index is 452. The third-order valence-corrected chi connectivity index (χ3v) is 5.25. The van der Waals surface area contributed by atoms with Gasteiger partial charge in [-0.3, -0.25) is 4.79 Å². The summed E-state index contributed by atoms with van der Waals surface area (Å²) in [5.41, 5.74) is 0.931. The maximum atomic E-state index is 12.4. The fourth-order valence-electron chi connectivity index (χ4n) is 3.15. The largest absolute Gasteiger partial charge is 0.326 e. The minimum absolute atomic E-state index is 0.209. The number of hydrogen-bond acceptors (Lipinski definition) is 2. The molecule has 0 heterocycles. The Balaban J connectivity index is 1.81. The van der Waals surface area contributed by atoms with Crippen molar-refractivity contribution in [2.45, 2.75) is 56.8 Å². The molecule has 0 unspecified atom stereocenters. The van der Waals surface area contributed by atoms with E-state index in [2.05, 4.69) is 30.6 Å². The molecule has 0 atom stereocenters. The fraction of sp³-hybridized carbons (Fsp3) is 0.611. The second kappa shape index (κ2) is 8.47. The first kappa shape index (κ1) is 16.4. The van der Waals surface area contributed by atoms with E-state index in [0.717, 1.165) is 24.4 Å². The SMILES string of the molecule is CCCCC1CCC(C(=O)Nc2cccc(SC)c2)CC1. The Morgan fingerprint density at radius 2 is 2.05 bits per heavy atom. The van der Waals surface area contributed by atoms with Crippen molar-refractivity contribution < 1.29 is 4.79 Å². The van der Waals surface area contributed by atoms with Crippen LogP contribution in [0.15, 0.2) is 29.2 Å². The topological polar surface area (TPSA) is 29.1 Å². The molecule has 0 aromatic heterocycles. The van der Waals surface area contributed by atoms with Crippen LogP contribution in [-0.2, 0) is 4.79 Å². The van der Waals surface area contributed by atoms with Crippen molar-refractivity contribution in [3.63, 3.8) is 0 Å². The molecule has 116 valence electrons. The minimum atomic E-state index is 0.209. The van der Waals surface area contributed by atoms with Gasteiger partial charge in [0, 0.05) is 16.5 Å². The molecule has 2 nitrogen and oxygen atoms in total. The highest BCUT2D eigenvalue weighted by Crippen LogP contribution is 2.32. The standard InChI is InChI=1S/C18H27NOS/c1-3-4-6-14-9-11-15(12-10-14)18(20)19-16-7-5-8-17(13-16)21-2/h5,7-8,13-15H,3-4,6,9-12H2,1-2H3,(H,19,20). The molecule has 0 radical (unpaired) electrons. The Labute approximate surface area is 133 Å². The van der Waals surface area contributed by atoms with Crippen LogP contribution in [0.5, 0.6) is 0 Å². The maximum Gasteiger partial charge on any atom is 0.227 e. The van der Waals surface area contributed by atoms with Crippen LogP contribution in [0.3, 0.4) is 0 Å². The predicted octanol–water partition coefficient (Wildman–Crippen LogP) is 5.34. The van der Waals surface area contributed by atoms with Gasteiger partial charge < -0.3 is 5.32 Å². The van der Waals surface area contributed by atoms with Gasteiger partial charge in [0.25, 0.3) is 0 Å². The molecule has 1 aromatic carbocycles. The number of nitrogens with one attached hydrogen (secondary N) is 1. The second-order valence-corrected chi connectivity index (χ2v) is 6.96. The van der Waals surface area contributed by atoms with E-state index in [1.807, 2.05) is 12.1 Å². The molecule has 0 spiro atoms. The van der Waals surface area contributed by atoms with Gasteiger partial charge in [0.05, 0.1) is 0 Å². The van der Waals surface area contributed by atoms with E-state index in [0.29, 0.717) is 0 Å². The van der Waals surface area contributed by atoms with Gasteiger partial charge in [-0.25, -0.2) is 0 Å². The van der Waals surface area contributed by atoms with E-state index in [1.54, 1.807) is 11.8 Å². The highest BCUT2D eigenvalue weighted by atomic mass is 32.2. The van der Waals surface area contributed by atoms with Gasteiger partial charge in [0.2, 0.25) is 5.91 Å². The number of amides is 1. The molecule has 21 heavy (non-hydrogen) atoms. The van der Waals surface area contributed by atoms with Gasteiger partial charge in [0.15, 0.2) is 0 Å². The van der Waals surface area contributed by atoms with Gasteiger partial charge in [-0.2, -0.15) is 0 Å².